The van der Waals surface area contributed by atoms with Crippen molar-refractivity contribution in [3.05, 3.63) is 28.3 Å². The smallest absolute Gasteiger partial charge is 0.262 e. The molecule has 1 aromatic carbocycles. The number of carbonyl (C=O) groups is 1. The van der Waals surface area contributed by atoms with Crippen molar-refractivity contribution in [2.24, 2.45) is 0 Å². The Morgan fingerprint density at radius 2 is 1.95 bits per heavy atom. The number of hydrogen-bond acceptors (Lipinski definition) is 3. The van der Waals surface area contributed by atoms with E-state index in [9.17, 15) is 13.2 Å². The van der Waals surface area contributed by atoms with E-state index in [1.54, 1.807) is 24.9 Å². The van der Waals surface area contributed by atoms with Crippen LogP contribution in [-0.2, 0) is 9.05 Å². The molecule has 0 saturated heterocycles. The maximum Gasteiger partial charge on any atom is 0.262 e. The first-order chi connectivity index (χ1) is 9.18. The topological polar surface area (TPSA) is 54.5 Å². The monoisotopic (exact) mass is 337 g/mol. The lowest BCUT2D eigenvalue weighted by molar-refractivity contribution is 0.0793. The van der Waals surface area contributed by atoms with Gasteiger partial charge in [0, 0.05) is 29.8 Å². The summed E-state index contributed by atoms with van der Waals surface area (Å²) in [6.07, 6.45) is 1.86. The van der Waals surface area contributed by atoms with Gasteiger partial charge in [-0.25, -0.2) is 8.42 Å². The van der Waals surface area contributed by atoms with Gasteiger partial charge >= 0.3 is 0 Å². The number of nitrogens with zero attached hydrogens (tertiary/aromatic N) is 1. The molecule has 4 nitrogen and oxygen atoms in total. The number of rotatable bonds is 5. The Hall–Kier alpha value is -0.780. The van der Waals surface area contributed by atoms with Crippen LogP contribution < -0.4 is 0 Å². The number of aryl methyl sites for hydroxylation is 1. The van der Waals surface area contributed by atoms with Gasteiger partial charge < -0.3 is 4.90 Å². The summed E-state index contributed by atoms with van der Waals surface area (Å²) >= 11 is 5.93. The van der Waals surface area contributed by atoms with Gasteiger partial charge in [0.1, 0.15) is 4.90 Å². The summed E-state index contributed by atoms with van der Waals surface area (Å²) in [7, 11) is 3.03. The Kier molecular flexibility index (Phi) is 5.86. The number of hydrogen-bond donors (Lipinski definition) is 0. The van der Waals surface area contributed by atoms with Crippen molar-refractivity contribution in [1.82, 2.24) is 4.90 Å². The first-order valence-corrected chi connectivity index (χ1v) is 8.87. The third-order valence-corrected chi connectivity index (χ3v) is 4.88. The first kappa shape index (κ1) is 17.3. The lowest BCUT2D eigenvalue weighted by Crippen LogP contribution is -2.27. The molecule has 1 rings (SSSR count). The highest BCUT2D eigenvalue weighted by Gasteiger charge is 2.21. The summed E-state index contributed by atoms with van der Waals surface area (Å²) in [6.45, 7) is 4.28. The zero-order valence-electron chi connectivity index (χ0n) is 11.6. The Labute approximate surface area is 129 Å². The van der Waals surface area contributed by atoms with Crippen molar-refractivity contribution >= 4 is 37.2 Å². The lowest BCUT2D eigenvalue weighted by Gasteiger charge is -2.18. The van der Waals surface area contributed by atoms with Crippen LogP contribution in [0.4, 0.5) is 0 Å². The highest BCUT2D eigenvalue weighted by Crippen LogP contribution is 2.29. The van der Waals surface area contributed by atoms with Crippen molar-refractivity contribution in [3.8, 4) is 0 Å². The Morgan fingerprint density at radius 3 is 2.45 bits per heavy atom. The summed E-state index contributed by atoms with van der Waals surface area (Å²) in [5, 5.41) is 0.0489. The molecule has 0 heterocycles. The molecule has 0 aromatic heterocycles. The van der Waals surface area contributed by atoms with E-state index >= 15 is 0 Å². The Morgan fingerprint density at radius 1 is 1.35 bits per heavy atom. The molecule has 1 aromatic rings. The second-order valence-electron chi connectivity index (χ2n) is 4.62. The number of carbonyl (C=O) groups excluding carboxylic acids is 1. The first-order valence-electron chi connectivity index (χ1n) is 6.18. The molecule has 0 aliphatic rings. The van der Waals surface area contributed by atoms with E-state index in [-0.39, 0.29) is 21.4 Å². The van der Waals surface area contributed by atoms with Crippen molar-refractivity contribution in [3.63, 3.8) is 0 Å². The standard InChI is InChI=1S/C13H17Cl2NO3S/c1-4-5-6-16(3)13(17)10-7-9(2)12(14)11(8-10)20(15,18)19/h7-8H,4-6H2,1-3H3. The maximum atomic E-state index is 12.2. The molecule has 0 aliphatic carbocycles. The summed E-state index contributed by atoms with van der Waals surface area (Å²) in [5.41, 5.74) is 0.769. The molecule has 0 saturated carbocycles. The molecule has 0 N–H and O–H groups in total. The van der Waals surface area contributed by atoms with Crippen LogP contribution in [0.3, 0.4) is 0 Å². The molecule has 0 bridgehead atoms. The van der Waals surface area contributed by atoms with E-state index in [0.717, 1.165) is 12.8 Å². The second kappa shape index (κ2) is 6.78. The molecular weight excluding hydrogens is 321 g/mol. The van der Waals surface area contributed by atoms with Crippen LogP contribution in [0.1, 0.15) is 35.7 Å². The van der Waals surface area contributed by atoms with Crippen LogP contribution in [0.25, 0.3) is 0 Å². The largest absolute Gasteiger partial charge is 0.342 e. The summed E-state index contributed by atoms with van der Waals surface area (Å²) in [6, 6.07) is 2.79. The van der Waals surface area contributed by atoms with Crippen LogP contribution >= 0.6 is 22.3 Å². The van der Waals surface area contributed by atoms with E-state index in [1.807, 2.05) is 6.92 Å². The van der Waals surface area contributed by atoms with Gasteiger partial charge in [-0.1, -0.05) is 24.9 Å². The molecule has 0 aliphatic heterocycles. The Balaban J connectivity index is 3.21. The van der Waals surface area contributed by atoms with Crippen LogP contribution in [0.15, 0.2) is 17.0 Å². The third kappa shape index (κ3) is 4.11. The Bertz CT molecular complexity index is 614. The predicted molar refractivity (Wildman–Crippen MR) is 81.1 cm³/mol. The molecule has 0 spiro atoms. The van der Waals surface area contributed by atoms with Crippen LogP contribution in [0.5, 0.6) is 0 Å². The van der Waals surface area contributed by atoms with Gasteiger partial charge in [0.15, 0.2) is 0 Å². The summed E-state index contributed by atoms with van der Waals surface area (Å²) in [5.74, 6) is -0.250. The normalized spacial score (nSPS) is 11.4. The molecular formula is C13H17Cl2NO3S. The average molecular weight is 338 g/mol. The fourth-order valence-electron chi connectivity index (χ4n) is 1.76. The molecule has 0 radical (unpaired) electrons. The van der Waals surface area contributed by atoms with Gasteiger partial charge in [0.2, 0.25) is 0 Å². The van der Waals surface area contributed by atoms with Gasteiger partial charge in [-0.3, -0.25) is 4.79 Å². The number of benzene rings is 1. The van der Waals surface area contributed by atoms with E-state index in [2.05, 4.69) is 0 Å². The van der Waals surface area contributed by atoms with Gasteiger partial charge in [-0.2, -0.15) is 0 Å². The minimum absolute atomic E-state index is 0.0489. The molecule has 0 fully saturated rings. The van der Waals surface area contributed by atoms with Gasteiger partial charge in [0.05, 0.1) is 5.02 Å². The van der Waals surface area contributed by atoms with Crippen LogP contribution in [0, 0.1) is 6.92 Å². The number of amides is 1. The van der Waals surface area contributed by atoms with Crippen molar-refractivity contribution in [2.75, 3.05) is 13.6 Å². The van der Waals surface area contributed by atoms with Crippen molar-refractivity contribution in [2.45, 2.75) is 31.6 Å². The molecule has 0 unspecified atom stereocenters. The molecule has 112 valence electrons. The van der Waals surface area contributed by atoms with Crippen LogP contribution in [-0.4, -0.2) is 32.8 Å². The van der Waals surface area contributed by atoms with Gasteiger partial charge in [-0.05, 0) is 31.0 Å². The molecule has 0 atom stereocenters. The summed E-state index contributed by atoms with van der Waals surface area (Å²) < 4.78 is 23.0. The molecule has 20 heavy (non-hydrogen) atoms. The van der Waals surface area contributed by atoms with E-state index in [4.69, 9.17) is 22.3 Å². The lowest BCUT2D eigenvalue weighted by atomic mass is 10.1. The van der Waals surface area contributed by atoms with Gasteiger partial charge in [0.25, 0.3) is 15.0 Å². The molecule has 1 amide bonds. The van der Waals surface area contributed by atoms with E-state index < -0.39 is 9.05 Å². The highest BCUT2D eigenvalue weighted by atomic mass is 35.7. The van der Waals surface area contributed by atoms with E-state index in [1.165, 1.54) is 6.07 Å². The fraction of sp³-hybridized carbons (Fsp3) is 0.462. The second-order valence-corrected chi connectivity index (χ2v) is 7.54. The third-order valence-electron chi connectivity index (χ3n) is 2.92. The zero-order chi connectivity index (χ0) is 15.5. The predicted octanol–water partition coefficient (Wildman–Crippen LogP) is 3.45. The van der Waals surface area contributed by atoms with Crippen LogP contribution in [0.2, 0.25) is 5.02 Å². The number of unbranched alkanes of at least 4 members (excludes halogenated alkanes) is 1. The molecule has 7 heteroatoms. The van der Waals surface area contributed by atoms with Crippen molar-refractivity contribution < 1.29 is 13.2 Å². The fourth-order valence-corrected chi connectivity index (χ4v) is 3.30. The zero-order valence-corrected chi connectivity index (χ0v) is 13.9. The van der Waals surface area contributed by atoms with Gasteiger partial charge in [-0.15, -0.1) is 0 Å². The van der Waals surface area contributed by atoms with E-state index in [0.29, 0.717) is 12.1 Å². The maximum absolute atomic E-state index is 12.2. The minimum Gasteiger partial charge on any atom is -0.342 e. The minimum atomic E-state index is -3.99. The highest BCUT2D eigenvalue weighted by molar-refractivity contribution is 8.13. The quantitative estimate of drug-likeness (QED) is 0.773. The average Bonchev–Trinajstić information content (AvgIpc) is 2.36. The SMILES string of the molecule is CCCCN(C)C(=O)c1cc(C)c(Cl)c(S(=O)(=O)Cl)c1. The number of halogens is 2. The van der Waals surface area contributed by atoms with Crippen molar-refractivity contribution in [1.29, 1.82) is 0 Å². The summed E-state index contributed by atoms with van der Waals surface area (Å²) in [4.78, 5) is 13.6.